The van der Waals surface area contributed by atoms with Gasteiger partial charge in [-0.25, -0.2) is 10.8 Å². The van der Waals surface area contributed by atoms with E-state index in [1.165, 1.54) is 28.7 Å². The Balaban J connectivity index is 0.00000361. The number of benzene rings is 1. The number of alkyl halides is 3. The maximum Gasteiger partial charge on any atom is 0.395 e. The minimum atomic E-state index is -4.44. The van der Waals surface area contributed by atoms with Crippen LogP contribution in [0.2, 0.25) is 0 Å². The van der Waals surface area contributed by atoms with Gasteiger partial charge in [-0.3, -0.25) is 14.6 Å². The van der Waals surface area contributed by atoms with Crippen molar-refractivity contribution in [2.45, 2.75) is 53.6 Å². The Morgan fingerprint density at radius 1 is 1.15 bits per heavy atom. The minimum Gasteiger partial charge on any atom is -0.396 e. The van der Waals surface area contributed by atoms with E-state index in [9.17, 15) is 22.8 Å². The van der Waals surface area contributed by atoms with E-state index in [1.54, 1.807) is 45.0 Å². The lowest BCUT2D eigenvalue weighted by Crippen LogP contribution is -2.29. The van der Waals surface area contributed by atoms with Crippen molar-refractivity contribution in [3.8, 4) is 0 Å². The predicted octanol–water partition coefficient (Wildman–Crippen LogP) is 5.67. The van der Waals surface area contributed by atoms with Crippen LogP contribution in [-0.4, -0.2) is 67.0 Å². The number of nitrogens with one attached hydrogen (secondary N) is 2. The van der Waals surface area contributed by atoms with Crippen molar-refractivity contribution in [2.75, 3.05) is 44.6 Å². The number of hydrogen-bond acceptors (Lipinski definition) is 9. The highest BCUT2D eigenvalue weighted by atomic mass is 32.1. The van der Waals surface area contributed by atoms with Gasteiger partial charge in [0, 0.05) is 55.4 Å². The number of nitrogens with two attached hydrogens (primary N) is 2. The zero-order valence-corrected chi connectivity index (χ0v) is 28.6. The van der Waals surface area contributed by atoms with Gasteiger partial charge in [-0.2, -0.15) is 13.2 Å². The lowest BCUT2D eigenvalue weighted by molar-refractivity contribution is -0.162. The molecule has 1 aromatic carbocycles. The van der Waals surface area contributed by atoms with E-state index in [0.717, 1.165) is 18.2 Å². The molecule has 2 amide bonds. The molecule has 1 atom stereocenters. The number of carbonyl (C=O) groups excluding carboxylic acids is 2. The maximum absolute atomic E-state index is 13.8. The zero-order chi connectivity index (χ0) is 34.8. The van der Waals surface area contributed by atoms with Crippen LogP contribution in [0, 0.1) is 18.8 Å². The Morgan fingerprint density at radius 2 is 1.83 bits per heavy atom. The van der Waals surface area contributed by atoms with Gasteiger partial charge in [0.15, 0.2) is 5.13 Å². The molecule has 0 aliphatic heterocycles. The fourth-order valence-corrected chi connectivity index (χ4v) is 5.01. The molecule has 1 heterocycles. The Labute approximate surface area is 274 Å². The van der Waals surface area contributed by atoms with E-state index in [2.05, 4.69) is 15.6 Å². The van der Waals surface area contributed by atoms with Crippen LogP contribution in [0.5, 0.6) is 0 Å². The van der Waals surface area contributed by atoms with Crippen LogP contribution in [0.4, 0.5) is 24.0 Å². The summed E-state index contributed by atoms with van der Waals surface area (Å²) in [5.41, 5.74) is 8.72. The van der Waals surface area contributed by atoms with Gasteiger partial charge in [0.2, 0.25) is 5.91 Å². The van der Waals surface area contributed by atoms with Crippen LogP contribution in [0.15, 0.2) is 54.1 Å². The average molecular weight is 665 g/mol. The van der Waals surface area contributed by atoms with Gasteiger partial charge in [-0.15, -0.1) is 0 Å². The second kappa shape index (κ2) is 17.2. The molecule has 46 heavy (non-hydrogen) atoms. The van der Waals surface area contributed by atoms with Crippen molar-refractivity contribution in [1.29, 1.82) is 0 Å². The summed E-state index contributed by atoms with van der Waals surface area (Å²) in [6, 6.07) is 4.81. The predicted molar refractivity (Wildman–Crippen MR) is 181 cm³/mol. The number of anilines is 2. The molecule has 1 aliphatic rings. The summed E-state index contributed by atoms with van der Waals surface area (Å²) in [5.74, 6) is 3.66. The lowest BCUT2D eigenvalue weighted by atomic mass is 10.0. The third-order valence-corrected chi connectivity index (χ3v) is 8.00. The van der Waals surface area contributed by atoms with Gasteiger partial charge in [0.25, 0.3) is 5.91 Å². The first-order chi connectivity index (χ1) is 21.5. The Kier molecular flexibility index (Phi) is 14.3. The number of nitrogens with zero attached hydrogens (tertiary/aromatic N) is 4. The monoisotopic (exact) mass is 664 g/mol. The standard InChI is InChI=1S/C30H41F3N8O2S.C2H6/c1-18(2)27(42)38-29-36-16-26(44-29)24(34)17-41(35)25-13-20(8-7-19(25)3)28(43)37-22-14-21(30(31,32)33)9-10-23(15-22)40(6)12-11-39(4)5;1-2/h7-8,13-18,21H,9-12,34-35H2,1-6H3,(H,37,43)(H,36,38,42);1-2H3/b24-17-;. The topological polar surface area (TPSA) is 133 Å². The van der Waals surface area contributed by atoms with Crippen LogP contribution >= 0.6 is 11.3 Å². The summed E-state index contributed by atoms with van der Waals surface area (Å²) in [6.45, 7) is 10.7. The van der Waals surface area contributed by atoms with E-state index in [0.29, 0.717) is 27.9 Å². The summed E-state index contributed by atoms with van der Waals surface area (Å²) < 4.78 is 41.3. The molecule has 2 aromatic rings. The van der Waals surface area contributed by atoms with Crippen LogP contribution < -0.4 is 27.2 Å². The molecule has 1 aliphatic carbocycles. The van der Waals surface area contributed by atoms with Crippen molar-refractivity contribution in [1.82, 2.24) is 20.1 Å². The molecule has 10 nitrogen and oxygen atoms in total. The maximum atomic E-state index is 13.8. The molecule has 0 fully saturated rings. The first-order valence-electron chi connectivity index (χ1n) is 15.1. The number of aryl methyl sites for hydroxylation is 1. The third-order valence-electron chi connectivity index (χ3n) is 7.04. The molecule has 3 rings (SSSR count). The second-order valence-electron chi connectivity index (χ2n) is 11.3. The number of likely N-dealkylation sites (N-methyl/N-ethyl adjacent to an activating group) is 2. The van der Waals surface area contributed by atoms with Crippen LogP contribution in [-0.2, 0) is 4.79 Å². The van der Waals surface area contributed by atoms with Crippen molar-refractivity contribution in [3.05, 3.63) is 70.1 Å². The number of allylic oxidation sites excluding steroid dienone is 3. The molecule has 6 N–H and O–H groups in total. The summed E-state index contributed by atoms with van der Waals surface area (Å²) >= 11 is 1.19. The minimum absolute atomic E-state index is 0.0861. The smallest absolute Gasteiger partial charge is 0.395 e. The quantitative estimate of drug-likeness (QED) is 0.178. The number of thiazole rings is 1. The number of rotatable bonds is 11. The highest BCUT2D eigenvalue weighted by Gasteiger charge is 2.39. The van der Waals surface area contributed by atoms with Crippen molar-refractivity contribution < 1.29 is 22.8 Å². The molecule has 14 heteroatoms. The Bertz CT molecular complexity index is 1430. The summed E-state index contributed by atoms with van der Waals surface area (Å²) in [5, 5.41) is 7.05. The number of aromatic nitrogens is 1. The first kappa shape index (κ1) is 38.3. The van der Waals surface area contributed by atoms with Crippen molar-refractivity contribution >= 4 is 39.7 Å². The number of hydrogen-bond donors (Lipinski definition) is 4. The van der Waals surface area contributed by atoms with Crippen molar-refractivity contribution in [2.24, 2.45) is 23.4 Å². The van der Waals surface area contributed by atoms with E-state index < -0.39 is 18.0 Å². The average Bonchev–Trinajstić information content (AvgIpc) is 3.34. The van der Waals surface area contributed by atoms with Gasteiger partial charge in [0.1, 0.15) is 0 Å². The van der Waals surface area contributed by atoms with Crippen LogP contribution in [0.25, 0.3) is 5.70 Å². The summed E-state index contributed by atoms with van der Waals surface area (Å²) in [7, 11) is 5.68. The largest absolute Gasteiger partial charge is 0.396 e. The number of amides is 2. The Morgan fingerprint density at radius 3 is 2.43 bits per heavy atom. The Hall–Kier alpha value is -3.88. The summed E-state index contributed by atoms with van der Waals surface area (Å²) in [6.07, 6.45) is 1.34. The van der Waals surface area contributed by atoms with Gasteiger partial charge in [-0.05, 0) is 63.7 Å². The molecule has 0 spiro atoms. The van der Waals surface area contributed by atoms with Gasteiger partial charge in [-0.1, -0.05) is 45.1 Å². The van der Waals surface area contributed by atoms with E-state index in [-0.39, 0.29) is 41.6 Å². The van der Waals surface area contributed by atoms with E-state index in [4.69, 9.17) is 11.6 Å². The third kappa shape index (κ3) is 11.2. The van der Waals surface area contributed by atoms with Crippen LogP contribution in [0.3, 0.4) is 0 Å². The molecule has 1 aromatic heterocycles. The second-order valence-corrected chi connectivity index (χ2v) is 12.3. The molecule has 0 saturated carbocycles. The fraction of sp³-hybridized carbons (Fsp3) is 0.469. The van der Waals surface area contributed by atoms with Crippen molar-refractivity contribution in [3.63, 3.8) is 0 Å². The number of hydrazine groups is 1. The number of carbonyl (C=O) groups is 2. The van der Waals surface area contributed by atoms with Gasteiger partial charge >= 0.3 is 6.18 Å². The molecular formula is C32H47F3N8O2S. The normalized spacial score (nSPS) is 15.3. The van der Waals surface area contributed by atoms with E-state index >= 15 is 0 Å². The molecular weight excluding hydrogens is 617 g/mol. The lowest BCUT2D eigenvalue weighted by Gasteiger charge is -2.25. The fourth-order valence-electron chi connectivity index (χ4n) is 4.26. The van der Waals surface area contributed by atoms with E-state index in [1.807, 2.05) is 44.8 Å². The molecule has 0 bridgehead atoms. The molecule has 0 saturated heterocycles. The molecule has 1 unspecified atom stereocenters. The highest BCUT2D eigenvalue weighted by Crippen LogP contribution is 2.35. The molecule has 0 radical (unpaired) electrons. The van der Waals surface area contributed by atoms with Gasteiger partial charge in [0.05, 0.1) is 22.2 Å². The number of halogens is 3. The highest BCUT2D eigenvalue weighted by molar-refractivity contribution is 7.16. The summed E-state index contributed by atoms with van der Waals surface area (Å²) in [4.78, 5) is 33.9. The molecule has 254 valence electrons. The van der Waals surface area contributed by atoms with Crippen LogP contribution in [0.1, 0.15) is 61.3 Å². The first-order valence-corrected chi connectivity index (χ1v) is 15.9. The van der Waals surface area contributed by atoms with Gasteiger partial charge < -0.3 is 26.2 Å². The SMILES string of the molecule is CC.Cc1ccc(C(=O)NC2=CC(C(F)(F)F)CCC(N(C)CCN(C)C)=C2)cc1N(N)/C=C(\N)c1cnc(NC(=O)C(C)C)s1. The zero-order valence-electron chi connectivity index (χ0n) is 27.8.